The van der Waals surface area contributed by atoms with Gasteiger partial charge in [0.2, 0.25) is 0 Å². The standard InChI is InChI=1S/C2H4ClNS.H2O/c3-1-2(4)5;/h1H2,(H2,4,5);1H2. The van der Waals surface area contributed by atoms with Gasteiger partial charge in [-0.3, -0.25) is 0 Å². The van der Waals surface area contributed by atoms with E-state index in [2.05, 4.69) is 12.2 Å². The second kappa shape index (κ2) is 5.14. The van der Waals surface area contributed by atoms with Crippen molar-refractivity contribution in [3.63, 3.8) is 0 Å². The maximum atomic E-state index is 5.07. The van der Waals surface area contributed by atoms with E-state index in [1.165, 1.54) is 0 Å². The van der Waals surface area contributed by atoms with Crippen LogP contribution < -0.4 is 5.73 Å². The molecule has 0 amide bonds. The van der Waals surface area contributed by atoms with E-state index in [1.807, 2.05) is 0 Å². The highest BCUT2D eigenvalue weighted by molar-refractivity contribution is 7.80. The highest BCUT2D eigenvalue weighted by atomic mass is 35.5. The molecule has 0 aromatic heterocycles. The fraction of sp³-hybridized carbons (Fsp3) is 0.500. The van der Waals surface area contributed by atoms with Crippen molar-refractivity contribution in [2.45, 2.75) is 0 Å². The van der Waals surface area contributed by atoms with Gasteiger partial charge in [-0.1, -0.05) is 12.2 Å². The van der Waals surface area contributed by atoms with Crippen LogP contribution in [0.4, 0.5) is 0 Å². The Balaban J connectivity index is 0. The van der Waals surface area contributed by atoms with Crippen LogP contribution in [0.25, 0.3) is 0 Å². The first-order valence-electron chi connectivity index (χ1n) is 1.11. The largest absolute Gasteiger partial charge is 0.412 e. The normalized spacial score (nSPS) is 6.17. The van der Waals surface area contributed by atoms with Crippen LogP contribution in [0, 0.1) is 0 Å². The topological polar surface area (TPSA) is 57.5 Å². The zero-order chi connectivity index (χ0) is 4.28. The molecular weight excluding hydrogens is 122 g/mol. The van der Waals surface area contributed by atoms with Crippen molar-refractivity contribution in [2.24, 2.45) is 5.73 Å². The lowest BCUT2D eigenvalue weighted by Crippen LogP contribution is -2.07. The number of rotatable bonds is 1. The predicted octanol–water partition coefficient (Wildman–Crippen LogP) is -0.313. The number of hydrogen-bond donors (Lipinski definition) is 1. The van der Waals surface area contributed by atoms with Gasteiger partial charge in [-0.05, 0) is 0 Å². The molecule has 38 valence electrons. The van der Waals surface area contributed by atoms with Gasteiger partial charge < -0.3 is 11.2 Å². The van der Waals surface area contributed by atoms with Crippen LogP contribution in [0.3, 0.4) is 0 Å². The van der Waals surface area contributed by atoms with E-state index in [1.54, 1.807) is 0 Å². The van der Waals surface area contributed by atoms with E-state index in [4.69, 9.17) is 17.3 Å². The highest BCUT2D eigenvalue weighted by Gasteiger charge is 1.73. The Kier molecular flexibility index (Phi) is 8.11. The molecular formula is C2H6ClNOS. The smallest absolute Gasteiger partial charge is 0.0877 e. The number of hydrogen-bond acceptors (Lipinski definition) is 1. The van der Waals surface area contributed by atoms with Gasteiger partial charge in [0.15, 0.2) is 0 Å². The minimum absolute atomic E-state index is 0. The minimum Gasteiger partial charge on any atom is -0.412 e. The fourth-order valence-corrected chi connectivity index (χ4v) is 0. The summed E-state index contributed by atoms with van der Waals surface area (Å²) in [7, 11) is 0. The van der Waals surface area contributed by atoms with Gasteiger partial charge in [0, 0.05) is 0 Å². The Morgan fingerprint density at radius 3 is 2.00 bits per heavy atom. The molecule has 4 heteroatoms. The lowest BCUT2D eigenvalue weighted by molar-refractivity contribution is 0.824. The van der Waals surface area contributed by atoms with Gasteiger partial charge in [0.05, 0.1) is 10.9 Å². The maximum absolute atomic E-state index is 5.07. The quantitative estimate of drug-likeness (QED) is 0.388. The third kappa shape index (κ3) is 8.91. The molecule has 0 aliphatic rings. The molecule has 0 aliphatic heterocycles. The van der Waals surface area contributed by atoms with Gasteiger partial charge >= 0.3 is 0 Å². The molecule has 0 rings (SSSR count). The summed E-state index contributed by atoms with van der Waals surface area (Å²) < 4.78 is 0. The van der Waals surface area contributed by atoms with Crippen LogP contribution in [-0.4, -0.2) is 16.3 Å². The first-order valence-corrected chi connectivity index (χ1v) is 2.06. The molecule has 4 N–H and O–H groups in total. The maximum Gasteiger partial charge on any atom is 0.0877 e. The van der Waals surface area contributed by atoms with Gasteiger partial charge in [-0.25, -0.2) is 0 Å². The summed E-state index contributed by atoms with van der Waals surface area (Å²) in [4.78, 5) is 0.353. The van der Waals surface area contributed by atoms with E-state index >= 15 is 0 Å². The monoisotopic (exact) mass is 127 g/mol. The Bertz CT molecular complexity index is 48.8. The Labute approximate surface area is 46.6 Å². The summed E-state index contributed by atoms with van der Waals surface area (Å²) in [6.45, 7) is 0. The van der Waals surface area contributed by atoms with E-state index < -0.39 is 0 Å². The Morgan fingerprint density at radius 1 is 1.83 bits per heavy atom. The van der Waals surface area contributed by atoms with Gasteiger partial charge in [-0.15, -0.1) is 11.6 Å². The summed E-state index contributed by atoms with van der Waals surface area (Å²) in [6.07, 6.45) is 0. The van der Waals surface area contributed by atoms with Crippen LogP contribution >= 0.6 is 23.8 Å². The van der Waals surface area contributed by atoms with Crippen LogP contribution in [0.5, 0.6) is 0 Å². The molecule has 0 spiro atoms. The van der Waals surface area contributed by atoms with E-state index in [-0.39, 0.29) is 11.4 Å². The summed E-state index contributed by atoms with van der Waals surface area (Å²) in [6, 6.07) is 0. The van der Waals surface area contributed by atoms with Crippen molar-refractivity contribution in [1.29, 1.82) is 0 Å². The van der Waals surface area contributed by atoms with E-state index in [0.717, 1.165) is 0 Å². The van der Waals surface area contributed by atoms with Gasteiger partial charge in [-0.2, -0.15) is 0 Å². The van der Waals surface area contributed by atoms with Crippen molar-refractivity contribution < 1.29 is 5.48 Å². The summed E-state index contributed by atoms with van der Waals surface area (Å²) in [5, 5.41) is 0. The average molecular weight is 128 g/mol. The Hall–Kier alpha value is 0.140. The average Bonchev–Trinajstić information content (AvgIpc) is 1.38. The Morgan fingerprint density at radius 2 is 2.00 bits per heavy atom. The van der Waals surface area contributed by atoms with Gasteiger partial charge in [0.1, 0.15) is 0 Å². The summed E-state index contributed by atoms with van der Waals surface area (Å²) in [5.41, 5.74) is 4.89. The summed E-state index contributed by atoms with van der Waals surface area (Å²) >= 11 is 9.41. The zero-order valence-corrected chi connectivity index (χ0v) is 4.64. The molecule has 0 aromatic rings. The first kappa shape index (κ1) is 9.46. The minimum atomic E-state index is 0. The molecule has 0 aliphatic carbocycles. The number of thiocarbonyl (C=S) groups is 1. The van der Waals surface area contributed by atoms with E-state index in [9.17, 15) is 0 Å². The third-order valence-corrected chi connectivity index (χ3v) is 0.722. The predicted molar refractivity (Wildman–Crippen MR) is 31.1 cm³/mol. The molecule has 0 aromatic carbocycles. The molecule has 0 bridgehead atoms. The first-order chi connectivity index (χ1) is 2.27. The van der Waals surface area contributed by atoms with Crippen LogP contribution in [0.2, 0.25) is 0 Å². The number of alkyl halides is 1. The van der Waals surface area contributed by atoms with Crippen molar-refractivity contribution >= 4 is 28.8 Å². The third-order valence-electron chi connectivity index (χ3n) is 0.132. The second-order valence-electron chi connectivity index (χ2n) is 0.600. The van der Waals surface area contributed by atoms with Crippen LogP contribution in [0.15, 0.2) is 0 Å². The SMILES string of the molecule is NC(=S)CCl.O. The summed E-state index contributed by atoms with van der Waals surface area (Å²) in [5.74, 6) is 0.287. The lowest BCUT2D eigenvalue weighted by Gasteiger charge is -1.76. The van der Waals surface area contributed by atoms with Crippen molar-refractivity contribution in [3.8, 4) is 0 Å². The molecule has 0 saturated heterocycles. The molecule has 0 saturated carbocycles. The van der Waals surface area contributed by atoms with Crippen molar-refractivity contribution in [2.75, 3.05) is 5.88 Å². The molecule has 0 radical (unpaired) electrons. The molecule has 6 heavy (non-hydrogen) atoms. The van der Waals surface area contributed by atoms with Gasteiger partial charge in [0.25, 0.3) is 0 Å². The number of halogens is 1. The second-order valence-corrected chi connectivity index (χ2v) is 1.39. The van der Waals surface area contributed by atoms with Crippen molar-refractivity contribution in [3.05, 3.63) is 0 Å². The molecule has 0 atom stereocenters. The van der Waals surface area contributed by atoms with Crippen LogP contribution in [-0.2, 0) is 0 Å². The zero-order valence-electron chi connectivity index (χ0n) is 3.07. The molecule has 0 heterocycles. The van der Waals surface area contributed by atoms with Crippen LogP contribution in [0.1, 0.15) is 0 Å². The fourth-order valence-electron chi connectivity index (χ4n) is 0. The van der Waals surface area contributed by atoms with Crippen molar-refractivity contribution in [1.82, 2.24) is 0 Å². The lowest BCUT2D eigenvalue weighted by atomic mass is 10.8. The molecule has 0 fully saturated rings. The van der Waals surface area contributed by atoms with E-state index in [0.29, 0.717) is 4.99 Å². The molecule has 0 unspecified atom stereocenters. The molecule has 2 nitrogen and oxygen atoms in total. The highest BCUT2D eigenvalue weighted by Crippen LogP contribution is 1.69. The number of nitrogens with two attached hydrogens (primary N) is 1.